The largest absolute Gasteiger partial charge is 0.478 e. The van der Waals surface area contributed by atoms with Crippen LogP contribution in [0.25, 0.3) is 0 Å². The number of rotatable bonds is 4. The molecule has 0 amide bonds. The first-order valence-electron chi connectivity index (χ1n) is 6.02. The minimum Gasteiger partial charge on any atom is -0.478 e. The van der Waals surface area contributed by atoms with Crippen LogP contribution in [0, 0.1) is 18.6 Å². The van der Waals surface area contributed by atoms with Crippen molar-refractivity contribution in [2.24, 2.45) is 0 Å². The average molecular weight is 327 g/mol. The smallest absolute Gasteiger partial charge is 0.335 e. The molecule has 2 aromatic rings. The van der Waals surface area contributed by atoms with Gasteiger partial charge < -0.3 is 5.11 Å². The topological polar surface area (TPSA) is 83.5 Å². The maximum absolute atomic E-state index is 13.1. The van der Waals surface area contributed by atoms with Crippen LogP contribution in [0.2, 0.25) is 0 Å². The highest BCUT2D eigenvalue weighted by Gasteiger charge is 2.19. The number of nitrogens with one attached hydrogen (secondary N) is 1. The summed E-state index contributed by atoms with van der Waals surface area (Å²) in [6.07, 6.45) is 0. The van der Waals surface area contributed by atoms with Crippen molar-refractivity contribution in [2.75, 3.05) is 4.72 Å². The molecule has 0 aliphatic heterocycles. The van der Waals surface area contributed by atoms with Crippen LogP contribution in [0.5, 0.6) is 0 Å². The third kappa shape index (κ3) is 3.22. The van der Waals surface area contributed by atoms with Gasteiger partial charge in [0, 0.05) is 6.07 Å². The minimum atomic E-state index is -4.13. The van der Waals surface area contributed by atoms with E-state index in [-0.39, 0.29) is 16.1 Å². The highest BCUT2D eigenvalue weighted by atomic mass is 32.2. The number of carboxylic acids is 1. The molecule has 2 rings (SSSR count). The first-order chi connectivity index (χ1) is 10.2. The van der Waals surface area contributed by atoms with E-state index in [0.29, 0.717) is 11.6 Å². The minimum absolute atomic E-state index is 0.168. The zero-order valence-electron chi connectivity index (χ0n) is 11.3. The third-order valence-corrected chi connectivity index (χ3v) is 4.42. The molecule has 0 saturated carbocycles. The molecule has 8 heteroatoms. The van der Waals surface area contributed by atoms with E-state index in [1.54, 1.807) is 0 Å². The van der Waals surface area contributed by atoms with Crippen molar-refractivity contribution in [3.8, 4) is 0 Å². The van der Waals surface area contributed by atoms with Gasteiger partial charge in [-0.25, -0.2) is 22.0 Å². The Hall–Kier alpha value is -2.48. The summed E-state index contributed by atoms with van der Waals surface area (Å²) in [5, 5.41) is 8.92. The summed E-state index contributed by atoms with van der Waals surface area (Å²) in [6.45, 7) is 1.49. The van der Waals surface area contributed by atoms with Crippen LogP contribution in [-0.2, 0) is 10.0 Å². The van der Waals surface area contributed by atoms with Crippen LogP contribution < -0.4 is 4.72 Å². The maximum atomic E-state index is 13.1. The van der Waals surface area contributed by atoms with Gasteiger partial charge in [0.15, 0.2) is 11.6 Å². The van der Waals surface area contributed by atoms with Gasteiger partial charge in [-0.15, -0.1) is 0 Å². The molecule has 2 aromatic carbocycles. The van der Waals surface area contributed by atoms with Gasteiger partial charge in [0.05, 0.1) is 16.1 Å². The Morgan fingerprint density at radius 3 is 2.36 bits per heavy atom. The molecule has 0 aliphatic carbocycles. The van der Waals surface area contributed by atoms with Crippen LogP contribution in [0.15, 0.2) is 41.3 Å². The predicted octanol–water partition coefficient (Wildman–Crippen LogP) is 2.77. The van der Waals surface area contributed by atoms with Crippen LogP contribution in [0.4, 0.5) is 14.5 Å². The quantitative estimate of drug-likeness (QED) is 0.904. The van der Waals surface area contributed by atoms with Gasteiger partial charge >= 0.3 is 5.97 Å². The highest BCUT2D eigenvalue weighted by molar-refractivity contribution is 7.92. The molecule has 0 radical (unpaired) electrons. The molecule has 5 nitrogen and oxygen atoms in total. The first kappa shape index (κ1) is 15.9. The predicted molar refractivity (Wildman–Crippen MR) is 75.3 cm³/mol. The molecule has 116 valence electrons. The number of carbonyl (C=O) groups is 1. The second kappa shape index (κ2) is 5.72. The molecule has 22 heavy (non-hydrogen) atoms. The van der Waals surface area contributed by atoms with Crippen molar-refractivity contribution in [3.63, 3.8) is 0 Å². The van der Waals surface area contributed by atoms with Crippen LogP contribution in [0.1, 0.15) is 15.9 Å². The number of hydrogen-bond donors (Lipinski definition) is 2. The van der Waals surface area contributed by atoms with E-state index in [4.69, 9.17) is 5.11 Å². The normalized spacial score (nSPS) is 11.2. The van der Waals surface area contributed by atoms with Gasteiger partial charge in [-0.3, -0.25) is 4.72 Å². The lowest BCUT2D eigenvalue weighted by molar-refractivity contribution is 0.0696. The zero-order chi connectivity index (χ0) is 16.5. The Morgan fingerprint density at radius 2 is 1.77 bits per heavy atom. The van der Waals surface area contributed by atoms with E-state index in [1.165, 1.54) is 19.1 Å². The molecule has 2 N–H and O–H groups in total. The summed E-state index contributed by atoms with van der Waals surface area (Å²) in [5.74, 6) is -3.58. The van der Waals surface area contributed by atoms with E-state index in [1.807, 2.05) is 0 Å². The van der Waals surface area contributed by atoms with Gasteiger partial charge in [0.25, 0.3) is 10.0 Å². The lowest BCUT2D eigenvalue weighted by Crippen LogP contribution is -2.15. The molecule has 0 atom stereocenters. The fourth-order valence-corrected chi connectivity index (χ4v) is 3.11. The number of benzene rings is 2. The van der Waals surface area contributed by atoms with Crippen LogP contribution >= 0.6 is 0 Å². The Kier molecular flexibility index (Phi) is 4.14. The van der Waals surface area contributed by atoms with Gasteiger partial charge in [0.2, 0.25) is 0 Å². The molecule has 0 heterocycles. The Balaban J connectivity index is 2.44. The van der Waals surface area contributed by atoms with Crippen LogP contribution in [-0.4, -0.2) is 19.5 Å². The van der Waals surface area contributed by atoms with E-state index >= 15 is 0 Å². The molecule has 0 bridgehead atoms. The van der Waals surface area contributed by atoms with E-state index in [9.17, 15) is 22.0 Å². The molecule has 0 spiro atoms. The molecule has 0 unspecified atom stereocenters. The number of anilines is 1. The second-order valence-electron chi connectivity index (χ2n) is 4.52. The second-order valence-corrected chi connectivity index (χ2v) is 6.17. The summed E-state index contributed by atoms with van der Waals surface area (Å²) in [6, 6.07) is 6.17. The van der Waals surface area contributed by atoms with Crippen molar-refractivity contribution < 1.29 is 27.1 Å². The summed E-state index contributed by atoms with van der Waals surface area (Å²) in [4.78, 5) is 10.7. The zero-order valence-corrected chi connectivity index (χ0v) is 12.1. The van der Waals surface area contributed by atoms with E-state index in [0.717, 1.165) is 18.2 Å². The third-order valence-electron chi connectivity index (χ3n) is 2.90. The lowest BCUT2D eigenvalue weighted by Gasteiger charge is -2.11. The Morgan fingerprint density at radius 1 is 1.09 bits per heavy atom. The van der Waals surface area contributed by atoms with Crippen LogP contribution in [0.3, 0.4) is 0 Å². The summed E-state index contributed by atoms with van der Waals surface area (Å²) in [5.41, 5.74) is -0.0460. The molecular formula is C14H11F2NO4S. The van der Waals surface area contributed by atoms with E-state index < -0.39 is 27.6 Å². The molecule has 0 fully saturated rings. The molecular weight excluding hydrogens is 316 g/mol. The summed E-state index contributed by atoms with van der Waals surface area (Å²) < 4.78 is 52.6. The fraction of sp³-hybridized carbons (Fsp3) is 0.0714. The SMILES string of the molecule is Cc1ccc(C(=O)O)cc1S(=O)(=O)Nc1ccc(F)c(F)c1. The standard InChI is InChI=1S/C14H11F2NO4S/c1-8-2-3-9(14(18)19)6-13(8)22(20,21)17-10-4-5-11(15)12(16)7-10/h2-7,17H,1H3,(H,18,19). The van der Waals surface area contributed by atoms with Gasteiger partial charge in [-0.2, -0.15) is 0 Å². The Labute approximate surface area is 125 Å². The van der Waals surface area contributed by atoms with Gasteiger partial charge in [0.1, 0.15) is 0 Å². The van der Waals surface area contributed by atoms with E-state index in [2.05, 4.69) is 4.72 Å². The molecule has 0 aliphatic rings. The lowest BCUT2D eigenvalue weighted by atomic mass is 10.1. The van der Waals surface area contributed by atoms with Crippen molar-refractivity contribution >= 4 is 21.7 Å². The van der Waals surface area contributed by atoms with Crippen molar-refractivity contribution in [1.29, 1.82) is 0 Å². The summed E-state index contributed by atoms with van der Waals surface area (Å²) in [7, 11) is -4.13. The first-order valence-corrected chi connectivity index (χ1v) is 7.51. The number of carboxylic acid groups (broad SMARTS) is 1. The molecule has 0 saturated heterocycles. The van der Waals surface area contributed by atoms with Crippen molar-refractivity contribution in [3.05, 3.63) is 59.2 Å². The Bertz CT molecular complexity index is 850. The van der Waals surface area contributed by atoms with Gasteiger partial charge in [-0.05, 0) is 36.8 Å². The monoisotopic (exact) mass is 327 g/mol. The fourth-order valence-electron chi connectivity index (χ4n) is 1.79. The van der Waals surface area contributed by atoms with Crippen molar-refractivity contribution in [2.45, 2.75) is 11.8 Å². The number of hydrogen-bond acceptors (Lipinski definition) is 3. The highest BCUT2D eigenvalue weighted by Crippen LogP contribution is 2.22. The summed E-state index contributed by atoms with van der Waals surface area (Å²) >= 11 is 0. The molecule has 0 aromatic heterocycles. The van der Waals surface area contributed by atoms with Crippen molar-refractivity contribution in [1.82, 2.24) is 0 Å². The number of aryl methyl sites for hydroxylation is 1. The van der Waals surface area contributed by atoms with Gasteiger partial charge in [-0.1, -0.05) is 6.07 Å². The maximum Gasteiger partial charge on any atom is 0.335 e. The number of aromatic carboxylic acids is 1. The number of halogens is 2. The average Bonchev–Trinajstić information content (AvgIpc) is 2.42. The number of sulfonamides is 1.